The second kappa shape index (κ2) is 8.13. The molecule has 0 radical (unpaired) electrons. The highest BCUT2D eigenvalue weighted by Crippen LogP contribution is 2.39. The van der Waals surface area contributed by atoms with Crippen LogP contribution in [0, 0.1) is 0 Å². The van der Waals surface area contributed by atoms with Gasteiger partial charge in [-0.1, -0.05) is 32.9 Å². The lowest BCUT2D eigenvalue weighted by atomic mass is 10.1. The largest absolute Gasteiger partial charge is 0.466 e. The summed E-state index contributed by atoms with van der Waals surface area (Å²) in [4.78, 5) is 10.6. The zero-order valence-corrected chi connectivity index (χ0v) is 16.2. The van der Waals surface area contributed by atoms with Crippen molar-refractivity contribution in [3.8, 4) is 0 Å². The number of hydrogen-bond acceptors (Lipinski definition) is 3. The zero-order chi connectivity index (χ0) is 16.7. The summed E-state index contributed by atoms with van der Waals surface area (Å²) in [5.74, 6) is -0.200. The molecule has 0 fully saturated rings. The van der Waals surface area contributed by atoms with Crippen LogP contribution in [0.1, 0.15) is 60.8 Å². The van der Waals surface area contributed by atoms with E-state index in [1.807, 2.05) is 0 Å². The molecule has 0 aliphatic rings. The van der Waals surface area contributed by atoms with Crippen molar-refractivity contribution in [2.24, 2.45) is 0 Å². The predicted octanol–water partition coefficient (Wildman–Crippen LogP) is 5.08. The molecule has 0 saturated carbocycles. The number of allylic oxidation sites excluding steroid dienone is 1. The van der Waals surface area contributed by atoms with Crippen LogP contribution in [-0.4, -0.2) is 26.5 Å². The monoisotopic (exact) mass is 314 g/mol. The Bertz CT molecular complexity index is 352. The third kappa shape index (κ3) is 9.09. The molecule has 0 aromatic heterocycles. The Morgan fingerprint density at radius 2 is 1.67 bits per heavy atom. The van der Waals surface area contributed by atoms with E-state index < -0.39 is 8.32 Å². The van der Waals surface area contributed by atoms with Crippen LogP contribution in [0.4, 0.5) is 0 Å². The van der Waals surface area contributed by atoms with Gasteiger partial charge in [0.2, 0.25) is 0 Å². The van der Waals surface area contributed by atoms with Crippen LogP contribution < -0.4 is 0 Å². The van der Waals surface area contributed by atoms with Crippen molar-refractivity contribution < 1.29 is 14.0 Å². The first-order valence-electron chi connectivity index (χ1n) is 7.89. The standard InChI is InChI=1S/C17H34O3Si/c1-15(18)19-14-12-10-9-11-13-17(5,6)20-21(7,8)16(2,3)4/h11,13H,9-10,12,14H2,1-8H3. The van der Waals surface area contributed by atoms with Gasteiger partial charge in [-0.25, -0.2) is 0 Å². The van der Waals surface area contributed by atoms with Crippen LogP contribution >= 0.6 is 0 Å². The Morgan fingerprint density at radius 1 is 1.10 bits per heavy atom. The highest BCUT2D eigenvalue weighted by molar-refractivity contribution is 6.74. The highest BCUT2D eigenvalue weighted by Gasteiger charge is 2.40. The molecule has 0 aliphatic carbocycles. The summed E-state index contributed by atoms with van der Waals surface area (Å²) in [6.45, 7) is 17.6. The van der Waals surface area contributed by atoms with E-state index in [1.165, 1.54) is 6.92 Å². The van der Waals surface area contributed by atoms with E-state index in [9.17, 15) is 4.79 Å². The molecular formula is C17H34O3Si. The molecule has 4 heteroatoms. The van der Waals surface area contributed by atoms with Crippen LogP contribution in [0.25, 0.3) is 0 Å². The van der Waals surface area contributed by atoms with Crippen LogP contribution in [0.3, 0.4) is 0 Å². The first-order chi connectivity index (χ1) is 9.37. The maximum Gasteiger partial charge on any atom is 0.302 e. The number of carbonyl (C=O) groups is 1. The maximum atomic E-state index is 10.6. The molecule has 0 unspecified atom stereocenters. The van der Waals surface area contributed by atoms with Crippen molar-refractivity contribution in [2.75, 3.05) is 6.61 Å². The molecule has 0 spiro atoms. The smallest absolute Gasteiger partial charge is 0.302 e. The fourth-order valence-electron chi connectivity index (χ4n) is 1.79. The van der Waals surface area contributed by atoms with E-state index in [-0.39, 0.29) is 16.6 Å². The first kappa shape index (κ1) is 20.4. The summed E-state index contributed by atoms with van der Waals surface area (Å²) < 4.78 is 11.3. The van der Waals surface area contributed by atoms with Crippen LogP contribution in [0.5, 0.6) is 0 Å². The Balaban J connectivity index is 4.17. The summed E-state index contributed by atoms with van der Waals surface area (Å²) >= 11 is 0. The predicted molar refractivity (Wildman–Crippen MR) is 92.0 cm³/mol. The van der Waals surface area contributed by atoms with Gasteiger partial charge < -0.3 is 9.16 Å². The van der Waals surface area contributed by atoms with Crippen LogP contribution in [-0.2, 0) is 14.0 Å². The SMILES string of the molecule is CC(=O)OCCCCC=CC(C)(C)O[Si](C)(C)C(C)(C)C. The first-order valence-corrected chi connectivity index (χ1v) is 10.8. The van der Waals surface area contributed by atoms with Crippen molar-refractivity contribution in [1.29, 1.82) is 0 Å². The summed E-state index contributed by atoms with van der Waals surface area (Å²) in [6.07, 6.45) is 7.28. The third-order valence-corrected chi connectivity index (χ3v) is 8.56. The molecule has 0 atom stereocenters. The second-order valence-corrected chi connectivity index (χ2v) is 12.4. The number of esters is 1. The molecule has 0 aromatic carbocycles. The van der Waals surface area contributed by atoms with Crippen LogP contribution in [0.15, 0.2) is 12.2 Å². The minimum atomic E-state index is -1.74. The molecule has 124 valence electrons. The average Bonchev–Trinajstić information content (AvgIpc) is 2.24. The summed E-state index contributed by atoms with van der Waals surface area (Å²) in [5, 5.41) is 0.224. The highest BCUT2D eigenvalue weighted by atomic mass is 28.4. The lowest BCUT2D eigenvalue weighted by Gasteiger charge is -2.41. The van der Waals surface area contributed by atoms with Gasteiger partial charge in [-0.3, -0.25) is 4.79 Å². The van der Waals surface area contributed by atoms with E-state index in [4.69, 9.17) is 9.16 Å². The quantitative estimate of drug-likeness (QED) is 0.271. The lowest BCUT2D eigenvalue weighted by Crippen LogP contribution is -2.46. The van der Waals surface area contributed by atoms with Crippen molar-refractivity contribution >= 4 is 14.3 Å². The van der Waals surface area contributed by atoms with Gasteiger partial charge in [0, 0.05) is 6.92 Å². The number of rotatable bonds is 8. The van der Waals surface area contributed by atoms with Gasteiger partial charge in [-0.2, -0.15) is 0 Å². The van der Waals surface area contributed by atoms with Crippen molar-refractivity contribution in [1.82, 2.24) is 0 Å². The van der Waals surface area contributed by atoms with Gasteiger partial charge in [0.1, 0.15) is 0 Å². The van der Waals surface area contributed by atoms with Gasteiger partial charge >= 0.3 is 5.97 Å². The fourth-order valence-corrected chi connectivity index (χ4v) is 3.48. The van der Waals surface area contributed by atoms with Crippen molar-refractivity contribution in [3.05, 3.63) is 12.2 Å². The average molecular weight is 315 g/mol. The number of carbonyl (C=O) groups excluding carboxylic acids is 1. The minimum Gasteiger partial charge on any atom is -0.466 e. The van der Waals surface area contributed by atoms with E-state index in [0.29, 0.717) is 6.61 Å². The van der Waals surface area contributed by atoms with Crippen molar-refractivity contribution in [2.45, 2.75) is 84.5 Å². The van der Waals surface area contributed by atoms with Gasteiger partial charge in [-0.05, 0) is 51.2 Å². The molecule has 0 amide bonds. The fraction of sp³-hybridized carbons (Fsp3) is 0.824. The Labute approximate surface area is 132 Å². The minimum absolute atomic E-state index is 0.200. The second-order valence-electron chi connectivity index (χ2n) is 7.70. The molecule has 0 aliphatic heterocycles. The number of ether oxygens (including phenoxy) is 1. The van der Waals surface area contributed by atoms with Gasteiger partial charge in [0.25, 0.3) is 0 Å². The maximum absolute atomic E-state index is 10.6. The topological polar surface area (TPSA) is 35.5 Å². The Hall–Kier alpha value is -0.613. The van der Waals surface area contributed by atoms with E-state index >= 15 is 0 Å². The summed E-state index contributed by atoms with van der Waals surface area (Å²) in [5.41, 5.74) is -0.223. The molecule has 0 bridgehead atoms. The molecule has 0 N–H and O–H groups in total. The van der Waals surface area contributed by atoms with E-state index in [1.54, 1.807) is 0 Å². The molecular weight excluding hydrogens is 280 g/mol. The van der Waals surface area contributed by atoms with Crippen LogP contribution in [0.2, 0.25) is 18.1 Å². The molecule has 0 saturated heterocycles. The molecule has 0 rings (SSSR count). The number of unbranched alkanes of at least 4 members (excludes halogenated alkanes) is 2. The van der Waals surface area contributed by atoms with E-state index in [2.05, 4.69) is 59.9 Å². The normalized spacial score (nSPS) is 13.7. The zero-order valence-electron chi connectivity index (χ0n) is 15.2. The number of hydrogen-bond donors (Lipinski definition) is 0. The molecule has 3 nitrogen and oxygen atoms in total. The Morgan fingerprint density at radius 3 is 2.14 bits per heavy atom. The molecule has 0 aromatic rings. The van der Waals surface area contributed by atoms with Gasteiger partial charge in [-0.15, -0.1) is 0 Å². The lowest BCUT2D eigenvalue weighted by molar-refractivity contribution is -0.141. The summed E-state index contributed by atoms with van der Waals surface area (Å²) in [7, 11) is -1.74. The third-order valence-electron chi connectivity index (χ3n) is 3.91. The van der Waals surface area contributed by atoms with Gasteiger partial charge in [0.15, 0.2) is 8.32 Å². The van der Waals surface area contributed by atoms with Gasteiger partial charge in [0.05, 0.1) is 12.2 Å². The molecule has 21 heavy (non-hydrogen) atoms. The Kier molecular flexibility index (Phi) is 7.90. The van der Waals surface area contributed by atoms with Crippen molar-refractivity contribution in [3.63, 3.8) is 0 Å². The summed E-state index contributed by atoms with van der Waals surface area (Å²) in [6, 6.07) is 0. The van der Waals surface area contributed by atoms with E-state index in [0.717, 1.165) is 19.3 Å². The molecule has 0 heterocycles.